The zero-order chi connectivity index (χ0) is 18.4. The number of hydrogen-bond donors (Lipinski definition) is 0. The maximum atomic E-state index is 12.6. The van der Waals surface area contributed by atoms with Crippen LogP contribution in [0.5, 0.6) is 5.75 Å². The Morgan fingerprint density at radius 1 is 1.17 bits per heavy atom. The Bertz CT molecular complexity index is 963. The molecule has 0 aliphatic rings. The molecule has 10 heteroatoms. The minimum absolute atomic E-state index is 0.0908. The number of halogens is 3. The maximum Gasteiger partial charge on any atom is 0.534 e. The van der Waals surface area contributed by atoms with Gasteiger partial charge in [-0.3, -0.25) is 4.79 Å². The highest BCUT2D eigenvalue weighted by molar-refractivity contribution is 7.88. The molecule has 2 aromatic rings. The molecule has 1 aromatic heterocycles. The Hall–Kier alpha value is -2.23. The number of hydrogen-bond acceptors (Lipinski definition) is 5. The summed E-state index contributed by atoms with van der Waals surface area (Å²) < 4.78 is 66.1. The third-order valence-electron chi connectivity index (χ3n) is 3.47. The van der Waals surface area contributed by atoms with E-state index in [9.17, 15) is 26.4 Å². The highest BCUT2D eigenvalue weighted by atomic mass is 32.2. The van der Waals surface area contributed by atoms with Crippen LogP contribution in [0.15, 0.2) is 23.0 Å². The Morgan fingerprint density at radius 2 is 1.75 bits per heavy atom. The molecule has 0 radical (unpaired) electrons. The molecule has 0 spiro atoms. The molecule has 6 nitrogen and oxygen atoms in total. The second-order valence-corrected chi connectivity index (χ2v) is 6.98. The van der Waals surface area contributed by atoms with Crippen LogP contribution in [-0.4, -0.2) is 32.6 Å². The number of aryl methyl sites for hydroxylation is 2. The Labute approximate surface area is 136 Å². The second kappa shape index (κ2) is 5.69. The van der Waals surface area contributed by atoms with Gasteiger partial charge in [0.1, 0.15) is 0 Å². The summed E-state index contributed by atoms with van der Waals surface area (Å²) in [5, 5.41) is 0.0908. The minimum Gasteiger partial charge on any atom is -0.377 e. The lowest BCUT2D eigenvalue weighted by Crippen LogP contribution is -2.28. The number of aromatic nitrogens is 1. The molecule has 0 aliphatic heterocycles. The molecule has 0 amide bonds. The van der Waals surface area contributed by atoms with Gasteiger partial charge in [0.15, 0.2) is 5.75 Å². The van der Waals surface area contributed by atoms with Gasteiger partial charge < -0.3 is 13.7 Å². The zero-order valence-electron chi connectivity index (χ0n) is 13.3. The molecule has 0 unspecified atom stereocenters. The van der Waals surface area contributed by atoms with E-state index in [-0.39, 0.29) is 22.0 Å². The molecule has 0 bridgehead atoms. The van der Waals surface area contributed by atoms with Gasteiger partial charge in [-0.2, -0.15) is 21.6 Å². The summed E-state index contributed by atoms with van der Waals surface area (Å²) in [6.07, 6.45) is 0. The topological polar surface area (TPSA) is 68.6 Å². The molecule has 132 valence electrons. The van der Waals surface area contributed by atoms with Crippen molar-refractivity contribution in [1.82, 2.24) is 4.57 Å². The summed E-state index contributed by atoms with van der Waals surface area (Å²) >= 11 is 0. The van der Waals surface area contributed by atoms with Crippen LogP contribution in [0.1, 0.15) is 5.56 Å². The van der Waals surface area contributed by atoms with Crippen molar-refractivity contribution in [3.63, 3.8) is 0 Å². The average molecular weight is 364 g/mol. The highest BCUT2D eigenvalue weighted by Crippen LogP contribution is 2.34. The number of pyridine rings is 1. The van der Waals surface area contributed by atoms with Crippen molar-refractivity contribution in [3.05, 3.63) is 34.1 Å². The smallest absolute Gasteiger partial charge is 0.377 e. The third kappa shape index (κ3) is 3.05. The molecular weight excluding hydrogens is 349 g/mol. The van der Waals surface area contributed by atoms with E-state index in [2.05, 4.69) is 4.18 Å². The summed E-state index contributed by atoms with van der Waals surface area (Å²) in [6, 6.07) is 4.04. The van der Waals surface area contributed by atoms with Crippen molar-refractivity contribution in [2.24, 2.45) is 7.05 Å². The quantitative estimate of drug-likeness (QED) is 0.617. The van der Waals surface area contributed by atoms with Crippen molar-refractivity contribution < 1.29 is 25.8 Å². The first-order valence-corrected chi connectivity index (χ1v) is 8.08. The number of anilines is 1. The van der Waals surface area contributed by atoms with E-state index in [1.165, 1.54) is 30.7 Å². The Morgan fingerprint density at radius 3 is 2.25 bits per heavy atom. The third-order valence-corrected chi connectivity index (χ3v) is 4.43. The second-order valence-electron chi connectivity index (χ2n) is 5.45. The lowest BCUT2D eigenvalue weighted by Gasteiger charge is -2.18. The van der Waals surface area contributed by atoms with Gasteiger partial charge in [-0.1, -0.05) is 0 Å². The minimum atomic E-state index is -5.83. The van der Waals surface area contributed by atoms with E-state index < -0.39 is 21.4 Å². The molecular formula is C14H15F3N2O4S. The summed E-state index contributed by atoms with van der Waals surface area (Å²) in [5.74, 6) is -0.493. The molecule has 2 rings (SSSR count). The lowest BCUT2D eigenvalue weighted by molar-refractivity contribution is -0.0499. The average Bonchev–Trinajstić information content (AvgIpc) is 2.44. The number of benzene rings is 1. The monoisotopic (exact) mass is 364 g/mol. The fourth-order valence-corrected chi connectivity index (χ4v) is 2.63. The fraction of sp³-hybridized carbons (Fsp3) is 0.357. The van der Waals surface area contributed by atoms with Gasteiger partial charge in [0.2, 0.25) is 0 Å². The summed E-state index contributed by atoms with van der Waals surface area (Å²) in [7, 11) is -1.14. The predicted octanol–water partition coefficient (Wildman–Crippen LogP) is 2.14. The zero-order valence-corrected chi connectivity index (χ0v) is 14.1. The number of fused-ring (bicyclic) bond motifs is 1. The van der Waals surface area contributed by atoms with E-state index >= 15 is 0 Å². The molecule has 1 heterocycles. The van der Waals surface area contributed by atoms with Gasteiger partial charge in [-0.05, 0) is 19.1 Å². The predicted molar refractivity (Wildman–Crippen MR) is 83.9 cm³/mol. The van der Waals surface area contributed by atoms with Crippen LogP contribution in [0.2, 0.25) is 0 Å². The molecule has 0 saturated heterocycles. The molecule has 0 N–H and O–H groups in total. The first-order chi connectivity index (χ1) is 10.8. The van der Waals surface area contributed by atoms with Crippen molar-refractivity contribution >= 4 is 26.7 Å². The molecule has 0 fully saturated rings. The van der Waals surface area contributed by atoms with Gasteiger partial charge in [0.05, 0.1) is 5.52 Å². The van der Waals surface area contributed by atoms with Crippen molar-refractivity contribution in [2.75, 3.05) is 19.0 Å². The molecule has 0 atom stereocenters. The van der Waals surface area contributed by atoms with Gasteiger partial charge in [-0.15, -0.1) is 0 Å². The van der Waals surface area contributed by atoms with Crippen LogP contribution < -0.4 is 14.6 Å². The van der Waals surface area contributed by atoms with Crippen LogP contribution in [-0.2, 0) is 17.2 Å². The summed E-state index contributed by atoms with van der Waals surface area (Å²) in [4.78, 5) is 13.6. The number of rotatable bonds is 3. The van der Waals surface area contributed by atoms with Crippen LogP contribution in [0.25, 0.3) is 10.9 Å². The van der Waals surface area contributed by atoms with Gasteiger partial charge in [-0.25, -0.2) is 0 Å². The van der Waals surface area contributed by atoms with E-state index in [1.807, 2.05) is 0 Å². The van der Waals surface area contributed by atoms with Crippen LogP contribution >= 0.6 is 0 Å². The van der Waals surface area contributed by atoms with Gasteiger partial charge in [0, 0.05) is 43.8 Å². The van der Waals surface area contributed by atoms with Crippen LogP contribution in [0.3, 0.4) is 0 Å². The normalized spacial score (nSPS) is 12.5. The van der Waals surface area contributed by atoms with Gasteiger partial charge >= 0.3 is 15.6 Å². The molecule has 24 heavy (non-hydrogen) atoms. The fourth-order valence-electron chi connectivity index (χ4n) is 2.17. The maximum absolute atomic E-state index is 12.6. The van der Waals surface area contributed by atoms with E-state index in [0.717, 1.165) is 0 Å². The standard InChI is InChI=1S/C14H15F3N2O4S/c1-8-5-10-11(19(4)13(8)20)6-9(18(2)3)7-12(10)23-24(21,22)14(15,16)17/h5-7H,1-4H3. The Kier molecular flexibility index (Phi) is 4.29. The SMILES string of the molecule is Cc1cc2c(OS(=O)(=O)C(F)(F)F)cc(N(C)C)cc2n(C)c1=O. The van der Waals surface area contributed by atoms with Crippen molar-refractivity contribution in [3.8, 4) is 5.75 Å². The molecule has 1 aromatic carbocycles. The van der Waals surface area contributed by atoms with E-state index in [1.54, 1.807) is 25.1 Å². The first kappa shape index (κ1) is 18.1. The highest BCUT2D eigenvalue weighted by Gasteiger charge is 2.48. The number of nitrogens with zero attached hydrogens (tertiary/aromatic N) is 2. The van der Waals surface area contributed by atoms with Crippen LogP contribution in [0.4, 0.5) is 18.9 Å². The first-order valence-electron chi connectivity index (χ1n) is 6.67. The summed E-state index contributed by atoms with van der Waals surface area (Å²) in [6.45, 7) is 1.48. The van der Waals surface area contributed by atoms with Crippen molar-refractivity contribution in [1.29, 1.82) is 0 Å². The van der Waals surface area contributed by atoms with E-state index in [4.69, 9.17) is 0 Å². The largest absolute Gasteiger partial charge is 0.534 e. The summed E-state index contributed by atoms with van der Waals surface area (Å²) in [5.41, 5.74) is -5.01. The lowest BCUT2D eigenvalue weighted by atomic mass is 10.1. The molecule has 0 aliphatic carbocycles. The van der Waals surface area contributed by atoms with E-state index in [0.29, 0.717) is 5.69 Å². The number of alkyl halides is 3. The van der Waals surface area contributed by atoms with Gasteiger partial charge in [0.25, 0.3) is 5.56 Å². The van der Waals surface area contributed by atoms with Crippen molar-refractivity contribution in [2.45, 2.75) is 12.4 Å². The van der Waals surface area contributed by atoms with Crippen LogP contribution in [0, 0.1) is 6.92 Å². The Balaban J connectivity index is 2.84. The molecule has 0 saturated carbocycles.